The molecule has 2 saturated heterocycles. The van der Waals surface area contributed by atoms with Gasteiger partial charge in [0.15, 0.2) is 0 Å². The van der Waals surface area contributed by atoms with Gasteiger partial charge < -0.3 is 25.2 Å². The summed E-state index contributed by atoms with van der Waals surface area (Å²) < 4.78 is 6.50. The number of carbonyl (C=O) groups is 3. The lowest BCUT2D eigenvalue weighted by Gasteiger charge is -2.34. The number of carbonyl (C=O) groups excluding carboxylic acids is 3. The molecule has 4 aliphatic rings. The molecule has 3 fully saturated rings. The smallest absolute Gasteiger partial charge is 0.246 e. The molecule has 3 unspecified atom stereocenters. The third-order valence-corrected chi connectivity index (χ3v) is 9.96. The third kappa shape index (κ3) is 5.85. The van der Waals surface area contributed by atoms with E-state index in [1.807, 2.05) is 43.3 Å². The molecule has 2 aromatic carbocycles. The fourth-order valence-corrected chi connectivity index (χ4v) is 7.60. The second kappa shape index (κ2) is 12.4. The number of likely N-dealkylation sites (tertiary alicyclic amines) is 1. The molecule has 43 heavy (non-hydrogen) atoms. The van der Waals surface area contributed by atoms with Gasteiger partial charge >= 0.3 is 0 Å². The van der Waals surface area contributed by atoms with E-state index in [1.54, 1.807) is 17.0 Å². The summed E-state index contributed by atoms with van der Waals surface area (Å²) in [7, 11) is 2.06. The Hall–Kier alpha value is -3.20. The van der Waals surface area contributed by atoms with Crippen molar-refractivity contribution in [3.63, 3.8) is 0 Å². The highest BCUT2D eigenvalue weighted by Gasteiger charge is 2.72. The standard InChI is InChI=1S/C34H41ClN4O4/c1-22-14-15-25(20-26(22)35)37-31(40)28-27-16-17-34(43-27)29(28)33(42)39(30(34)32(41)36-24-12-7-4-8-13-24)19-9-18-38(2)21-23-10-5-3-6-11-23/h3,5-6,10-11,14-17,20,24,27-30H,4,7-9,12-13,18-19,21H2,1-2H3,(H,36,41)(H,37,40)/t27-,28?,29-,30?,34?/m1/s1. The Labute approximate surface area is 258 Å². The molecule has 2 aromatic rings. The maximum absolute atomic E-state index is 14.2. The first-order chi connectivity index (χ1) is 20.8. The molecule has 3 aliphatic heterocycles. The molecule has 1 saturated carbocycles. The first-order valence-electron chi connectivity index (χ1n) is 15.5. The fourth-order valence-electron chi connectivity index (χ4n) is 7.42. The van der Waals surface area contributed by atoms with Crippen LogP contribution in [-0.2, 0) is 25.7 Å². The summed E-state index contributed by atoms with van der Waals surface area (Å²) >= 11 is 6.30. The molecule has 6 rings (SSSR count). The predicted molar refractivity (Wildman–Crippen MR) is 166 cm³/mol. The van der Waals surface area contributed by atoms with Gasteiger partial charge in [0, 0.05) is 29.8 Å². The van der Waals surface area contributed by atoms with Crippen LogP contribution in [0.15, 0.2) is 60.7 Å². The van der Waals surface area contributed by atoms with E-state index < -0.39 is 29.6 Å². The monoisotopic (exact) mass is 604 g/mol. The molecule has 1 spiro atoms. The molecular formula is C34H41ClN4O4. The minimum atomic E-state index is -1.16. The number of halogens is 1. The third-order valence-electron chi connectivity index (χ3n) is 9.55. The van der Waals surface area contributed by atoms with E-state index in [0.29, 0.717) is 23.7 Å². The first-order valence-corrected chi connectivity index (χ1v) is 15.9. The summed E-state index contributed by atoms with van der Waals surface area (Å²) in [5.74, 6) is -2.19. The Kier molecular flexibility index (Phi) is 8.63. The number of ether oxygens (including phenoxy) is 1. The van der Waals surface area contributed by atoms with Gasteiger partial charge in [-0.2, -0.15) is 0 Å². The number of hydrogen-bond acceptors (Lipinski definition) is 5. The summed E-state index contributed by atoms with van der Waals surface area (Å²) in [4.78, 5) is 45.9. The number of nitrogens with one attached hydrogen (secondary N) is 2. The van der Waals surface area contributed by atoms with E-state index in [2.05, 4.69) is 34.7 Å². The van der Waals surface area contributed by atoms with E-state index in [4.69, 9.17) is 16.3 Å². The van der Waals surface area contributed by atoms with Crippen molar-refractivity contribution in [1.82, 2.24) is 15.1 Å². The molecule has 5 atom stereocenters. The SMILES string of the molecule is Cc1ccc(NC(=O)C2[C@H]3C=CC4(O3)C(C(=O)NC3CCCCC3)N(CCCN(C)Cc3ccccc3)C(=O)[C@@H]24)cc1Cl. The molecule has 0 aromatic heterocycles. The molecule has 228 valence electrons. The van der Waals surface area contributed by atoms with Crippen molar-refractivity contribution in [3.8, 4) is 0 Å². The summed E-state index contributed by atoms with van der Waals surface area (Å²) in [5.41, 5.74) is 1.53. The van der Waals surface area contributed by atoms with Crippen LogP contribution in [0.5, 0.6) is 0 Å². The average Bonchev–Trinajstić information content (AvgIpc) is 3.63. The lowest BCUT2D eigenvalue weighted by atomic mass is 9.74. The number of amides is 3. The highest BCUT2D eigenvalue weighted by atomic mass is 35.5. The molecule has 3 amide bonds. The Bertz CT molecular complexity index is 1390. The quantitative estimate of drug-likeness (QED) is 0.384. The normalized spacial score (nSPS) is 28.0. The Morgan fingerprint density at radius 2 is 1.86 bits per heavy atom. The van der Waals surface area contributed by atoms with E-state index in [9.17, 15) is 14.4 Å². The van der Waals surface area contributed by atoms with Crippen LogP contribution >= 0.6 is 11.6 Å². The lowest BCUT2D eigenvalue weighted by Crippen LogP contribution is -2.56. The van der Waals surface area contributed by atoms with Crippen LogP contribution in [0.2, 0.25) is 5.02 Å². The molecule has 3 heterocycles. The highest BCUT2D eigenvalue weighted by molar-refractivity contribution is 6.31. The number of aryl methyl sites for hydroxylation is 1. The van der Waals surface area contributed by atoms with Gasteiger partial charge in [0.2, 0.25) is 17.7 Å². The van der Waals surface area contributed by atoms with Gasteiger partial charge in [-0.3, -0.25) is 14.4 Å². The van der Waals surface area contributed by atoms with Crippen LogP contribution in [0.25, 0.3) is 0 Å². The Balaban J connectivity index is 1.21. The van der Waals surface area contributed by atoms with E-state index in [0.717, 1.165) is 44.3 Å². The topological polar surface area (TPSA) is 91.0 Å². The maximum Gasteiger partial charge on any atom is 0.246 e. The summed E-state index contributed by atoms with van der Waals surface area (Å²) in [6.45, 7) is 3.86. The zero-order chi connectivity index (χ0) is 30.1. The summed E-state index contributed by atoms with van der Waals surface area (Å²) in [6.07, 6.45) is 9.09. The van der Waals surface area contributed by atoms with Gasteiger partial charge in [-0.1, -0.05) is 79.4 Å². The van der Waals surface area contributed by atoms with Gasteiger partial charge in [0.25, 0.3) is 0 Å². The number of hydrogen-bond donors (Lipinski definition) is 2. The Morgan fingerprint density at radius 1 is 1.09 bits per heavy atom. The molecule has 2 bridgehead atoms. The highest BCUT2D eigenvalue weighted by Crippen LogP contribution is 2.55. The zero-order valence-electron chi connectivity index (χ0n) is 24.9. The molecule has 1 aliphatic carbocycles. The predicted octanol–water partition coefficient (Wildman–Crippen LogP) is 4.71. The van der Waals surface area contributed by atoms with Gasteiger partial charge in [0.1, 0.15) is 11.6 Å². The van der Waals surface area contributed by atoms with Crippen molar-refractivity contribution in [1.29, 1.82) is 0 Å². The Morgan fingerprint density at radius 3 is 2.60 bits per heavy atom. The molecule has 8 nitrogen and oxygen atoms in total. The average molecular weight is 605 g/mol. The minimum Gasteiger partial charge on any atom is -0.359 e. The van der Waals surface area contributed by atoms with E-state index in [1.165, 1.54) is 12.0 Å². The van der Waals surface area contributed by atoms with Crippen LogP contribution in [-0.4, -0.2) is 71.4 Å². The zero-order valence-corrected chi connectivity index (χ0v) is 25.7. The van der Waals surface area contributed by atoms with Crippen molar-refractivity contribution >= 4 is 35.0 Å². The van der Waals surface area contributed by atoms with Crippen molar-refractivity contribution in [2.45, 2.75) is 75.8 Å². The van der Waals surface area contributed by atoms with Gasteiger partial charge in [0.05, 0.1) is 17.9 Å². The summed E-state index contributed by atoms with van der Waals surface area (Å²) in [6, 6.07) is 14.9. The van der Waals surface area contributed by atoms with Crippen LogP contribution in [0.3, 0.4) is 0 Å². The minimum absolute atomic E-state index is 0.0959. The van der Waals surface area contributed by atoms with Gasteiger partial charge in [-0.25, -0.2) is 0 Å². The molecular weight excluding hydrogens is 564 g/mol. The second-order valence-electron chi connectivity index (χ2n) is 12.6. The molecule has 9 heteroatoms. The maximum atomic E-state index is 14.2. The summed E-state index contributed by atoms with van der Waals surface area (Å²) in [5, 5.41) is 6.77. The van der Waals surface area contributed by atoms with Crippen molar-refractivity contribution in [3.05, 3.63) is 76.8 Å². The number of fused-ring (bicyclic) bond motifs is 1. The lowest BCUT2D eigenvalue weighted by molar-refractivity contribution is -0.141. The number of benzene rings is 2. The van der Waals surface area contributed by atoms with Crippen LogP contribution in [0.1, 0.15) is 49.7 Å². The second-order valence-corrected chi connectivity index (χ2v) is 13.0. The number of anilines is 1. The fraction of sp³-hybridized carbons (Fsp3) is 0.500. The van der Waals surface area contributed by atoms with E-state index in [-0.39, 0.29) is 23.8 Å². The first kappa shape index (κ1) is 29.9. The molecule has 2 N–H and O–H groups in total. The van der Waals surface area contributed by atoms with Gasteiger partial charge in [-0.15, -0.1) is 0 Å². The molecule has 0 radical (unpaired) electrons. The van der Waals surface area contributed by atoms with Crippen LogP contribution in [0, 0.1) is 18.8 Å². The number of rotatable bonds is 10. The van der Waals surface area contributed by atoms with Gasteiger partial charge in [-0.05, 0) is 63.0 Å². The van der Waals surface area contributed by atoms with Crippen LogP contribution in [0.4, 0.5) is 5.69 Å². The van der Waals surface area contributed by atoms with Crippen molar-refractivity contribution in [2.24, 2.45) is 11.8 Å². The van der Waals surface area contributed by atoms with Crippen molar-refractivity contribution in [2.75, 3.05) is 25.5 Å². The van der Waals surface area contributed by atoms with Crippen LogP contribution < -0.4 is 10.6 Å². The largest absolute Gasteiger partial charge is 0.359 e. The van der Waals surface area contributed by atoms with E-state index >= 15 is 0 Å². The van der Waals surface area contributed by atoms with Crippen molar-refractivity contribution < 1.29 is 19.1 Å². The number of nitrogens with zero attached hydrogens (tertiary/aromatic N) is 2.